The van der Waals surface area contributed by atoms with Crippen LogP contribution in [-0.4, -0.2) is 54.8 Å². The molecule has 2 saturated heterocycles. The number of nitrogens with zero attached hydrogens (tertiary/aromatic N) is 1. The zero-order valence-electron chi connectivity index (χ0n) is 12.1. The minimum atomic E-state index is -2.90. The summed E-state index contributed by atoms with van der Waals surface area (Å²) < 4.78 is 22.8. The van der Waals surface area contributed by atoms with E-state index in [0.29, 0.717) is 12.8 Å². The molecular formula is C14H22N2O4S. The van der Waals surface area contributed by atoms with Gasteiger partial charge in [0.05, 0.1) is 24.0 Å². The van der Waals surface area contributed by atoms with Crippen LogP contribution in [0, 0.1) is 0 Å². The van der Waals surface area contributed by atoms with E-state index in [1.165, 1.54) is 4.90 Å². The summed E-state index contributed by atoms with van der Waals surface area (Å²) in [6.07, 6.45) is 5.30. The lowest BCUT2D eigenvalue weighted by Crippen LogP contribution is -2.48. The van der Waals surface area contributed by atoms with Crippen molar-refractivity contribution in [2.24, 2.45) is 0 Å². The van der Waals surface area contributed by atoms with E-state index in [-0.39, 0.29) is 41.8 Å². The van der Waals surface area contributed by atoms with Crippen molar-refractivity contribution in [1.29, 1.82) is 0 Å². The number of amides is 2. The monoisotopic (exact) mass is 314 g/mol. The van der Waals surface area contributed by atoms with Gasteiger partial charge in [-0.2, -0.15) is 0 Å². The van der Waals surface area contributed by atoms with Crippen LogP contribution in [0.15, 0.2) is 0 Å². The van der Waals surface area contributed by atoms with Gasteiger partial charge in [-0.05, 0) is 25.7 Å². The molecule has 1 aliphatic carbocycles. The SMILES string of the molecule is O=C1CC(NC2CCS(=O)(=O)CC2)C(=O)N1C1CCCC1. The predicted molar refractivity (Wildman–Crippen MR) is 77.3 cm³/mol. The van der Waals surface area contributed by atoms with Crippen molar-refractivity contribution in [3.8, 4) is 0 Å². The normalized spacial score (nSPS) is 31.2. The third-order valence-electron chi connectivity index (χ3n) is 4.86. The van der Waals surface area contributed by atoms with Gasteiger partial charge in [-0.3, -0.25) is 14.5 Å². The Hall–Kier alpha value is -0.950. The summed E-state index contributed by atoms with van der Waals surface area (Å²) in [7, 11) is -2.90. The summed E-state index contributed by atoms with van der Waals surface area (Å²) in [5.41, 5.74) is 0. The summed E-state index contributed by atoms with van der Waals surface area (Å²) in [6, 6.07) is -0.341. The van der Waals surface area contributed by atoms with E-state index >= 15 is 0 Å². The van der Waals surface area contributed by atoms with E-state index < -0.39 is 15.9 Å². The zero-order valence-corrected chi connectivity index (χ0v) is 12.9. The highest BCUT2D eigenvalue weighted by Crippen LogP contribution is 2.28. The van der Waals surface area contributed by atoms with Crippen molar-refractivity contribution in [2.45, 2.75) is 63.1 Å². The lowest BCUT2D eigenvalue weighted by molar-refractivity contribution is -0.141. The number of carbonyl (C=O) groups excluding carboxylic acids is 2. The largest absolute Gasteiger partial charge is 0.303 e. The molecule has 0 radical (unpaired) electrons. The molecule has 3 fully saturated rings. The fourth-order valence-corrected chi connectivity index (χ4v) is 5.16. The summed E-state index contributed by atoms with van der Waals surface area (Å²) in [6.45, 7) is 0. The van der Waals surface area contributed by atoms with Gasteiger partial charge in [0, 0.05) is 12.1 Å². The number of hydrogen-bond acceptors (Lipinski definition) is 5. The first-order chi connectivity index (χ1) is 9.96. The van der Waals surface area contributed by atoms with Gasteiger partial charge in [0.2, 0.25) is 11.8 Å². The summed E-state index contributed by atoms with van der Waals surface area (Å²) in [4.78, 5) is 26.0. The predicted octanol–water partition coefficient (Wildman–Crippen LogP) is 0.223. The highest BCUT2D eigenvalue weighted by atomic mass is 32.2. The van der Waals surface area contributed by atoms with Crippen LogP contribution < -0.4 is 5.32 Å². The van der Waals surface area contributed by atoms with Crippen LogP contribution in [0.4, 0.5) is 0 Å². The van der Waals surface area contributed by atoms with Gasteiger partial charge in [0.1, 0.15) is 9.84 Å². The van der Waals surface area contributed by atoms with E-state index in [1.807, 2.05) is 0 Å². The molecule has 1 saturated carbocycles. The molecular weight excluding hydrogens is 292 g/mol. The topological polar surface area (TPSA) is 83.5 Å². The molecule has 1 atom stereocenters. The maximum Gasteiger partial charge on any atom is 0.247 e. The Morgan fingerprint density at radius 2 is 1.62 bits per heavy atom. The molecule has 3 aliphatic rings. The van der Waals surface area contributed by atoms with Crippen molar-refractivity contribution < 1.29 is 18.0 Å². The van der Waals surface area contributed by atoms with E-state index in [2.05, 4.69) is 5.32 Å². The van der Waals surface area contributed by atoms with Gasteiger partial charge < -0.3 is 5.32 Å². The van der Waals surface area contributed by atoms with Gasteiger partial charge in [0.25, 0.3) is 0 Å². The standard InChI is InChI=1S/C14H22N2O4S/c17-13-9-12(14(18)16(13)11-3-1-2-4-11)15-10-5-7-21(19,20)8-6-10/h10-12,15H,1-9H2. The van der Waals surface area contributed by atoms with Crippen molar-refractivity contribution >= 4 is 21.7 Å². The molecule has 0 spiro atoms. The molecule has 7 heteroatoms. The molecule has 2 heterocycles. The molecule has 0 bridgehead atoms. The third-order valence-corrected chi connectivity index (χ3v) is 6.58. The Balaban J connectivity index is 1.60. The fourth-order valence-electron chi connectivity index (χ4n) is 3.67. The first-order valence-corrected chi connectivity index (χ1v) is 9.61. The number of carbonyl (C=O) groups is 2. The van der Waals surface area contributed by atoms with Crippen molar-refractivity contribution in [3.05, 3.63) is 0 Å². The lowest BCUT2D eigenvalue weighted by atomic mass is 10.1. The molecule has 2 aliphatic heterocycles. The number of hydrogen-bond donors (Lipinski definition) is 1. The average Bonchev–Trinajstić information content (AvgIpc) is 3.02. The number of sulfone groups is 1. The van der Waals surface area contributed by atoms with Crippen LogP contribution in [0.25, 0.3) is 0 Å². The average molecular weight is 314 g/mol. The first-order valence-electron chi connectivity index (χ1n) is 7.79. The molecule has 118 valence electrons. The van der Waals surface area contributed by atoms with Crippen LogP contribution in [-0.2, 0) is 19.4 Å². The number of rotatable bonds is 3. The molecule has 3 rings (SSSR count). The highest BCUT2D eigenvalue weighted by molar-refractivity contribution is 7.91. The van der Waals surface area contributed by atoms with Gasteiger partial charge in [0.15, 0.2) is 0 Å². The maximum atomic E-state index is 12.4. The summed E-state index contributed by atoms with van der Waals surface area (Å²) in [5, 5.41) is 3.21. The Bertz CT molecular complexity index is 525. The van der Waals surface area contributed by atoms with E-state index in [1.54, 1.807) is 0 Å². The Labute approximate surface area is 125 Å². The summed E-state index contributed by atoms with van der Waals surface area (Å²) in [5.74, 6) is 0.158. The second-order valence-electron chi connectivity index (χ2n) is 6.39. The number of likely N-dealkylation sites (tertiary alicyclic amines) is 1. The molecule has 1 unspecified atom stereocenters. The highest BCUT2D eigenvalue weighted by Gasteiger charge is 2.43. The summed E-state index contributed by atoms with van der Waals surface area (Å²) >= 11 is 0. The maximum absolute atomic E-state index is 12.4. The molecule has 21 heavy (non-hydrogen) atoms. The minimum Gasteiger partial charge on any atom is -0.303 e. The molecule has 1 N–H and O–H groups in total. The molecule has 6 nitrogen and oxygen atoms in total. The van der Waals surface area contributed by atoms with E-state index in [0.717, 1.165) is 25.7 Å². The van der Waals surface area contributed by atoms with Crippen LogP contribution in [0.3, 0.4) is 0 Å². The molecule has 0 aromatic heterocycles. The minimum absolute atomic E-state index is 0.0267. The third kappa shape index (κ3) is 3.13. The fraction of sp³-hybridized carbons (Fsp3) is 0.857. The lowest BCUT2D eigenvalue weighted by Gasteiger charge is -2.26. The molecule has 0 aromatic carbocycles. The van der Waals surface area contributed by atoms with E-state index in [9.17, 15) is 18.0 Å². The van der Waals surface area contributed by atoms with Gasteiger partial charge in [-0.25, -0.2) is 8.42 Å². The van der Waals surface area contributed by atoms with Crippen LogP contribution in [0.5, 0.6) is 0 Å². The second kappa shape index (κ2) is 5.68. The van der Waals surface area contributed by atoms with Crippen molar-refractivity contribution in [2.75, 3.05) is 11.5 Å². The van der Waals surface area contributed by atoms with Crippen LogP contribution in [0.1, 0.15) is 44.9 Å². The quantitative estimate of drug-likeness (QED) is 0.754. The zero-order chi connectivity index (χ0) is 15.0. The first kappa shape index (κ1) is 15.0. The Morgan fingerprint density at radius 3 is 2.24 bits per heavy atom. The second-order valence-corrected chi connectivity index (χ2v) is 8.69. The molecule has 2 amide bonds. The van der Waals surface area contributed by atoms with Gasteiger partial charge >= 0.3 is 0 Å². The van der Waals surface area contributed by atoms with Gasteiger partial charge in [-0.15, -0.1) is 0 Å². The number of imide groups is 1. The van der Waals surface area contributed by atoms with E-state index in [4.69, 9.17) is 0 Å². The van der Waals surface area contributed by atoms with Crippen LogP contribution in [0.2, 0.25) is 0 Å². The number of nitrogens with one attached hydrogen (secondary N) is 1. The molecule has 0 aromatic rings. The smallest absolute Gasteiger partial charge is 0.247 e. The Morgan fingerprint density at radius 1 is 1.00 bits per heavy atom. The Kier molecular flexibility index (Phi) is 4.05. The van der Waals surface area contributed by atoms with Crippen LogP contribution >= 0.6 is 0 Å². The van der Waals surface area contributed by atoms with Crippen molar-refractivity contribution in [1.82, 2.24) is 10.2 Å². The van der Waals surface area contributed by atoms with Crippen molar-refractivity contribution in [3.63, 3.8) is 0 Å². The van der Waals surface area contributed by atoms with Gasteiger partial charge in [-0.1, -0.05) is 12.8 Å².